The average molecular weight is 433 g/mol. The van der Waals surface area contributed by atoms with E-state index in [2.05, 4.69) is 10.6 Å². The van der Waals surface area contributed by atoms with Crippen LogP contribution in [-0.4, -0.2) is 31.2 Å². The van der Waals surface area contributed by atoms with Crippen LogP contribution in [0.1, 0.15) is 32.3 Å². The maximum Gasteiger partial charge on any atom is 0.225 e. The van der Waals surface area contributed by atoms with E-state index in [1.165, 1.54) is 23.9 Å². The molecule has 1 aliphatic rings. The second-order valence-electron chi connectivity index (χ2n) is 7.01. The molecule has 1 heterocycles. The number of carbonyl (C=O) groups is 2. The van der Waals surface area contributed by atoms with E-state index < -0.39 is 9.84 Å². The van der Waals surface area contributed by atoms with Crippen LogP contribution in [0.2, 0.25) is 0 Å². The average Bonchev–Trinajstić information content (AvgIpc) is 2.82. The zero-order valence-electron chi connectivity index (χ0n) is 16.4. The van der Waals surface area contributed by atoms with E-state index in [1.54, 1.807) is 12.1 Å². The number of aryl methyl sites for hydroxylation is 1. The van der Waals surface area contributed by atoms with Crippen molar-refractivity contribution in [3.05, 3.63) is 48.0 Å². The van der Waals surface area contributed by atoms with Gasteiger partial charge in [0.1, 0.15) is 0 Å². The number of rotatable bonds is 6. The summed E-state index contributed by atoms with van der Waals surface area (Å²) >= 11 is 1.54. The van der Waals surface area contributed by atoms with Gasteiger partial charge in [0.25, 0.3) is 0 Å². The van der Waals surface area contributed by atoms with Gasteiger partial charge in [0.2, 0.25) is 11.8 Å². The molecule has 1 atom stereocenters. The summed E-state index contributed by atoms with van der Waals surface area (Å²) in [5, 5.41) is 5.64. The van der Waals surface area contributed by atoms with Crippen LogP contribution >= 0.6 is 11.8 Å². The molecule has 2 aromatic rings. The van der Waals surface area contributed by atoms with Gasteiger partial charge in [-0.25, -0.2) is 8.42 Å². The summed E-state index contributed by atoms with van der Waals surface area (Å²) in [6.45, 7) is 3.98. The standard InChI is InChI=1S/C21H24N2O4S2/c1-3-15-5-4-6-16(12-15)22-20(24)9-10-29(26,27)17-7-8-19-18(13-17)23-21(25)11-14(2)28-19/h4-8,12-14H,3,9-11H2,1-2H3,(H,22,24)(H,23,25)/t14-/m0/s1. The highest BCUT2D eigenvalue weighted by Crippen LogP contribution is 2.36. The fourth-order valence-corrected chi connectivity index (χ4v) is 5.38. The Labute approximate surface area is 175 Å². The van der Waals surface area contributed by atoms with Crippen molar-refractivity contribution in [1.29, 1.82) is 0 Å². The van der Waals surface area contributed by atoms with Crippen molar-refractivity contribution in [2.75, 3.05) is 16.4 Å². The van der Waals surface area contributed by atoms with Crippen LogP contribution < -0.4 is 10.6 Å². The molecule has 0 spiro atoms. The fourth-order valence-electron chi connectivity index (χ4n) is 3.06. The summed E-state index contributed by atoms with van der Waals surface area (Å²) in [6, 6.07) is 12.2. The third-order valence-electron chi connectivity index (χ3n) is 4.60. The fraction of sp³-hybridized carbons (Fsp3) is 0.333. The molecule has 29 heavy (non-hydrogen) atoms. The van der Waals surface area contributed by atoms with Gasteiger partial charge < -0.3 is 10.6 Å². The molecule has 3 rings (SSSR count). The number of fused-ring (bicyclic) bond motifs is 1. The van der Waals surface area contributed by atoms with Crippen LogP contribution in [-0.2, 0) is 25.8 Å². The van der Waals surface area contributed by atoms with E-state index in [0.717, 1.165) is 16.9 Å². The highest BCUT2D eigenvalue weighted by atomic mass is 32.2. The van der Waals surface area contributed by atoms with E-state index >= 15 is 0 Å². The first-order valence-electron chi connectivity index (χ1n) is 9.49. The van der Waals surface area contributed by atoms with Crippen LogP contribution in [0.25, 0.3) is 0 Å². The summed E-state index contributed by atoms with van der Waals surface area (Å²) in [5.41, 5.74) is 2.26. The molecule has 0 saturated carbocycles. The predicted molar refractivity (Wildman–Crippen MR) is 116 cm³/mol. The molecular weight excluding hydrogens is 408 g/mol. The lowest BCUT2D eigenvalue weighted by molar-refractivity contribution is -0.116. The van der Waals surface area contributed by atoms with E-state index in [0.29, 0.717) is 17.8 Å². The Kier molecular flexibility index (Phi) is 6.64. The first-order valence-corrected chi connectivity index (χ1v) is 12.0. The lowest BCUT2D eigenvalue weighted by atomic mass is 10.1. The number of anilines is 2. The number of sulfone groups is 1. The summed E-state index contributed by atoms with van der Waals surface area (Å²) in [5.74, 6) is -0.788. The molecule has 0 aliphatic carbocycles. The summed E-state index contributed by atoms with van der Waals surface area (Å²) in [4.78, 5) is 25.1. The SMILES string of the molecule is CCc1cccc(NC(=O)CCS(=O)(=O)c2ccc3c(c2)NC(=O)C[C@H](C)S3)c1. The first kappa shape index (κ1) is 21.4. The third kappa shape index (κ3) is 5.61. The molecule has 8 heteroatoms. The maximum atomic E-state index is 12.7. The Morgan fingerprint density at radius 1 is 1.24 bits per heavy atom. The number of amides is 2. The van der Waals surface area contributed by atoms with Crippen molar-refractivity contribution in [3.63, 3.8) is 0 Å². The van der Waals surface area contributed by atoms with Gasteiger partial charge in [-0.3, -0.25) is 9.59 Å². The zero-order chi connectivity index (χ0) is 21.0. The highest BCUT2D eigenvalue weighted by Gasteiger charge is 2.23. The minimum atomic E-state index is -3.66. The van der Waals surface area contributed by atoms with Crippen molar-refractivity contribution in [2.45, 2.75) is 48.2 Å². The zero-order valence-corrected chi connectivity index (χ0v) is 18.0. The van der Waals surface area contributed by atoms with Crippen molar-refractivity contribution in [1.82, 2.24) is 0 Å². The summed E-state index contributed by atoms with van der Waals surface area (Å²) in [7, 11) is -3.66. The van der Waals surface area contributed by atoms with E-state index in [-0.39, 0.29) is 34.1 Å². The number of thioether (sulfide) groups is 1. The Morgan fingerprint density at radius 2 is 2.03 bits per heavy atom. The van der Waals surface area contributed by atoms with Gasteiger partial charge in [0.05, 0.1) is 16.3 Å². The monoisotopic (exact) mass is 432 g/mol. The van der Waals surface area contributed by atoms with Crippen LogP contribution in [0.5, 0.6) is 0 Å². The van der Waals surface area contributed by atoms with Crippen molar-refractivity contribution in [2.24, 2.45) is 0 Å². The van der Waals surface area contributed by atoms with Gasteiger partial charge >= 0.3 is 0 Å². The smallest absolute Gasteiger partial charge is 0.225 e. The van der Waals surface area contributed by atoms with E-state index in [1.807, 2.05) is 32.0 Å². The topological polar surface area (TPSA) is 92.3 Å². The largest absolute Gasteiger partial charge is 0.326 e. The van der Waals surface area contributed by atoms with Crippen LogP contribution in [0.3, 0.4) is 0 Å². The lowest BCUT2D eigenvalue weighted by Gasteiger charge is -2.11. The Hall–Kier alpha value is -2.32. The Balaban J connectivity index is 1.68. The number of hydrogen-bond donors (Lipinski definition) is 2. The molecule has 0 fully saturated rings. The Morgan fingerprint density at radius 3 is 2.79 bits per heavy atom. The number of hydrogen-bond acceptors (Lipinski definition) is 5. The van der Waals surface area contributed by atoms with Gasteiger partial charge in [-0.2, -0.15) is 0 Å². The lowest BCUT2D eigenvalue weighted by Crippen LogP contribution is -2.18. The number of nitrogens with one attached hydrogen (secondary N) is 2. The Bertz CT molecular complexity index is 1030. The van der Waals surface area contributed by atoms with Gasteiger partial charge in [-0.15, -0.1) is 11.8 Å². The molecule has 0 bridgehead atoms. The normalized spacial score (nSPS) is 16.5. The van der Waals surface area contributed by atoms with E-state index in [4.69, 9.17) is 0 Å². The van der Waals surface area contributed by atoms with Crippen LogP contribution in [0.15, 0.2) is 52.3 Å². The first-order chi connectivity index (χ1) is 13.8. The molecule has 2 aromatic carbocycles. The minimum Gasteiger partial charge on any atom is -0.326 e. The van der Waals surface area contributed by atoms with Gasteiger partial charge in [-0.1, -0.05) is 26.0 Å². The maximum absolute atomic E-state index is 12.7. The second kappa shape index (κ2) is 9.00. The summed E-state index contributed by atoms with van der Waals surface area (Å²) < 4.78 is 25.4. The molecule has 6 nitrogen and oxygen atoms in total. The molecule has 0 radical (unpaired) electrons. The molecule has 154 valence electrons. The van der Waals surface area contributed by atoms with Crippen LogP contribution in [0.4, 0.5) is 11.4 Å². The predicted octanol–water partition coefficient (Wildman–Crippen LogP) is 3.87. The van der Waals surface area contributed by atoms with Crippen molar-refractivity contribution >= 4 is 44.8 Å². The molecule has 1 aliphatic heterocycles. The molecule has 2 amide bonds. The third-order valence-corrected chi connectivity index (χ3v) is 7.49. The van der Waals surface area contributed by atoms with Gasteiger partial charge in [0, 0.05) is 28.7 Å². The molecule has 2 N–H and O–H groups in total. The number of benzene rings is 2. The molecule has 0 saturated heterocycles. The van der Waals surface area contributed by atoms with Crippen molar-refractivity contribution in [3.8, 4) is 0 Å². The quantitative estimate of drug-likeness (QED) is 0.723. The number of carbonyl (C=O) groups excluding carboxylic acids is 2. The highest BCUT2D eigenvalue weighted by molar-refractivity contribution is 8.00. The van der Waals surface area contributed by atoms with Crippen LogP contribution in [0, 0.1) is 0 Å². The van der Waals surface area contributed by atoms with E-state index in [9.17, 15) is 18.0 Å². The van der Waals surface area contributed by atoms with Gasteiger partial charge in [0.15, 0.2) is 9.84 Å². The minimum absolute atomic E-state index is 0.104. The molecule has 0 aromatic heterocycles. The van der Waals surface area contributed by atoms with Crippen molar-refractivity contribution < 1.29 is 18.0 Å². The molecular formula is C21H24N2O4S2. The summed E-state index contributed by atoms with van der Waals surface area (Å²) in [6.07, 6.45) is 1.08. The second-order valence-corrected chi connectivity index (χ2v) is 10.6. The molecule has 0 unspecified atom stereocenters. The van der Waals surface area contributed by atoms with Gasteiger partial charge in [-0.05, 0) is 42.3 Å².